The monoisotopic (exact) mass is 422 g/mol. The molecule has 0 atom stereocenters. The third-order valence-electron chi connectivity index (χ3n) is 6.26. The topological polar surface area (TPSA) is 83.9 Å². The summed E-state index contributed by atoms with van der Waals surface area (Å²) in [5.74, 6) is -0.137. The lowest BCUT2D eigenvalue weighted by Gasteiger charge is -2.31. The lowest BCUT2D eigenvalue weighted by Crippen LogP contribution is -2.35. The van der Waals surface area contributed by atoms with Gasteiger partial charge in [-0.2, -0.15) is 0 Å². The van der Waals surface area contributed by atoms with Crippen LogP contribution >= 0.6 is 0 Å². The molecule has 0 aliphatic carbocycles. The van der Waals surface area contributed by atoms with Gasteiger partial charge in [-0.3, -0.25) is 9.20 Å². The average molecular weight is 422 g/mol. The number of benzene rings is 1. The van der Waals surface area contributed by atoms with Crippen molar-refractivity contribution >= 4 is 16.6 Å². The minimum atomic E-state index is -0.290. The van der Waals surface area contributed by atoms with Crippen LogP contribution in [0.25, 0.3) is 16.6 Å². The van der Waals surface area contributed by atoms with Crippen molar-refractivity contribution in [2.75, 3.05) is 19.6 Å². The molecule has 1 aliphatic heterocycles. The molecule has 0 amide bonds. The molecule has 8 heteroatoms. The highest BCUT2D eigenvalue weighted by atomic mass is 19.1. The number of aryl methyl sites for hydroxylation is 1. The van der Waals surface area contributed by atoms with Gasteiger partial charge in [-0.15, -0.1) is 0 Å². The number of rotatable bonds is 4. The Morgan fingerprint density at radius 3 is 2.84 bits per heavy atom. The minimum Gasteiger partial charge on any atom is -0.504 e. The third-order valence-corrected chi connectivity index (χ3v) is 6.26. The van der Waals surface area contributed by atoms with Gasteiger partial charge in [-0.05, 0) is 63.5 Å². The number of pyridine rings is 1. The standard InChI is InChI=1S/C23H23FN4O3/c1-14-16(23(30)28-10-3-5-18(29)22(28)25-14)9-13-27-11-7-15(8-12-27)21-20-17(24)4-2-6-19(20)31-26-21/h2-6,10,15,29H,7-9,11-13H2,1H3. The van der Waals surface area contributed by atoms with Crippen LogP contribution in [0.5, 0.6) is 5.75 Å². The Hall–Kier alpha value is -3.26. The highest BCUT2D eigenvalue weighted by Gasteiger charge is 2.26. The van der Waals surface area contributed by atoms with E-state index in [2.05, 4.69) is 15.0 Å². The van der Waals surface area contributed by atoms with Crippen LogP contribution in [0.4, 0.5) is 4.39 Å². The maximum absolute atomic E-state index is 14.3. The van der Waals surface area contributed by atoms with Gasteiger partial charge in [0.15, 0.2) is 17.0 Å². The van der Waals surface area contributed by atoms with Crippen LogP contribution < -0.4 is 5.56 Å². The zero-order valence-electron chi connectivity index (χ0n) is 17.2. The molecule has 0 spiro atoms. The minimum absolute atomic E-state index is 0.00635. The molecule has 160 valence electrons. The van der Waals surface area contributed by atoms with Crippen molar-refractivity contribution in [1.29, 1.82) is 0 Å². The van der Waals surface area contributed by atoms with Crippen LogP contribution in [0.15, 0.2) is 45.8 Å². The summed E-state index contributed by atoms with van der Waals surface area (Å²) >= 11 is 0. The number of aromatic nitrogens is 3. The van der Waals surface area contributed by atoms with Crippen LogP contribution in [0.1, 0.15) is 35.7 Å². The maximum atomic E-state index is 14.3. The molecule has 1 N–H and O–H groups in total. The molecule has 0 bridgehead atoms. The fourth-order valence-corrected chi connectivity index (χ4v) is 4.53. The first-order valence-corrected chi connectivity index (χ1v) is 10.5. The Kier molecular flexibility index (Phi) is 4.94. The van der Waals surface area contributed by atoms with Gasteiger partial charge in [0.1, 0.15) is 5.82 Å². The maximum Gasteiger partial charge on any atom is 0.261 e. The van der Waals surface area contributed by atoms with Gasteiger partial charge in [0.05, 0.1) is 11.1 Å². The molecule has 1 saturated heterocycles. The molecular formula is C23H23FN4O3. The molecule has 0 unspecified atom stereocenters. The first-order valence-electron chi connectivity index (χ1n) is 10.5. The van der Waals surface area contributed by atoms with E-state index in [1.165, 1.54) is 16.5 Å². The highest BCUT2D eigenvalue weighted by Crippen LogP contribution is 2.33. The summed E-state index contributed by atoms with van der Waals surface area (Å²) in [7, 11) is 0. The summed E-state index contributed by atoms with van der Waals surface area (Å²) in [6.45, 7) is 4.23. The van der Waals surface area contributed by atoms with E-state index in [0.717, 1.165) is 32.5 Å². The fraction of sp³-hybridized carbons (Fsp3) is 0.348. The van der Waals surface area contributed by atoms with E-state index in [1.54, 1.807) is 31.3 Å². The average Bonchev–Trinajstić information content (AvgIpc) is 3.20. The Balaban J connectivity index is 1.28. The van der Waals surface area contributed by atoms with Gasteiger partial charge >= 0.3 is 0 Å². The molecule has 1 aliphatic rings. The van der Waals surface area contributed by atoms with Crippen molar-refractivity contribution in [2.24, 2.45) is 0 Å². The number of aromatic hydroxyl groups is 1. The van der Waals surface area contributed by atoms with E-state index in [9.17, 15) is 14.3 Å². The Morgan fingerprint density at radius 1 is 1.23 bits per heavy atom. The predicted octanol–water partition coefficient (Wildman–Crippen LogP) is 3.41. The van der Waals surface area contributed by atoms with Crippen LogP contribution in [-0.2, 0) is 6.42 Å². The second-order valence-electron chi connectivity index (χ2n) is 8.11. The quantitative estimate of drug-likeness (QED) is 0.543. The summed E-state index contributed by atoms with van der Waals surface area (Å²) in [5.41, 5.74) is 2.64. The Labute approximate surface area is 177 Å². The summed E-state index contributed by atoms with van der Waals surface area (Å²) < 4.78 is 21.0. The summed E-state index contributed by atoms with van der Waals surface area (Å²) in [5, 5.41) is 14.6. The number of halogens is 1. The van der Waals surface area contributed by atoms with Gasteiger partial charge in [0.25, 0.3) is 5.56 Å². The normalized spacial score (nSPS) is 15.8. The van der Waals surface area contributed by atoms with E-state index < -0.39 is 0 Å². The van der Waals surface area contributed by atoms with Crippen LogP contribution in [0.3, 0.4) is 0 Å². The van der Waals surface area contributed by atoms with Crippen molar-refractivity contribution in [1.82, 2.24) is 19.4 Å². The Morgan fingerprint density at radius 2 is 2.03 bits per heavy atom. The molecule has 1 fully saturated rings. The van der Waals surface area contributed by atoms with Crippen molar-refractivity contribution in [2.45, 2.75) is 32.1 Å². The van der Waals surface area contributed by atoms with E-state index in [0.29, 0.717) is 34.3 Å². The van der Waals surface area contributed by atoms with Crippen molar-refractivity contribution in [3.05, 3.63) is 69.7 Å². The smallest absolute Gasteiger partial charge is 0.261 e. The van der Waals surface area contributed by atoms with Crippen LogP contribution in [0, 0.1) is 12.7 Å². The number of nitrogens with zero attached hydrogens (tertiary/aromatic N) is 4. The van der Waals surface area contributed by atoms with E-state index >= 15 is 0 Å². The molecule has 4 heterocycles. The zero-order chi connectivity index (χ0) is 21.5. The number of hydrogen-bond donors (Lipinski definition) is 1. The number of fused-ring (bicyclic) bond motifs is 2. The van der Waals surface area contributed by atoms with Gasteiger partial charge in [0, 0.05) is 29.9 Å². The lowest BCUT2D eigenvalue weighted by molar-refractivity contribution is 0.211. The molecule has 31 heavy (non-hydrogen) atoms. The molecule has 4 aromatic rings. The van der Waals surface area contributed by atoms with E-state index in [-0.39, 0.29) is 28.7 Å². The van der Waals surface area contributed by atoms with Crippen molar-refractivity contribution in [3.8, 4) is 5.75 Å². The van der Waals surface area contributed by atoms with E-state index in [1.807, 2.05) is 0 Å². The third kappa shape index (κ3) is 3.46. The second kappa shape index (κ2) is 7.77. The van der Waals surface area contributed by atoms with Crippen LogP contribution in [-0.4, -0.2) is 44.2 Å². The molecule has 1 aromatic carbocycles. The molecule has 3 aromatic heterocycles. The first kappa shape index (κ1) is 19.7. The SMILES string of the molecule is Cc1nc2c(O)cccn2c(=O)c1CCN1CCC(c2noc3cccc(F)c23)CC1. The zero-order valence-corrected chi connectivity index (χ0v) is 17.2. The van der Waals surface area contributed by atoms with Gasteiger partial charge in [-0.25, -0.2) is 9.37 Å². The molecule has 0 radical (unpaired) electrons. The van der Waals surface area contributed by atoms with Crippen LogP contribution in [0.2, 0.25) is 0 Å². The van der Waals surface area contributed by atoms with Crippen molar-refractivity contribution in [3.63, 3.8) is 0 Å². The Bertz CT molecular complexity index is 1320. The summed E-state index contributed by atoms with van der Waals surface area (Å²) in [6, 6.07) is 7.96. The lowest BCUT2D eigenvalue weighted by atomic mass is 9.91. The second-order valence-corrected chi connectivity index (χ2v) is 8.11. The number of likely N-dealkylation sites (tertiary alicyclic amines) is 1. The molecule has 5 rings (SSSR count). The number of piperidine rings is 1. The predicted molar refractivity (Wildman–Crippen MR) is 114 cm³/mol. The highest BCUT2D eigenvalue weighted by molar-refractivity contribution is 5.80. The molecule has 7 nitrogen and oxygen atoms in total. The molecule has 0 saturated carbocycles. The number of hydrogen-bond acceptors (Lipinski definition) is 6. The fourth-order valence-electron chi connectivity index (χ4n) is 4.53. The van der Waals surface area contributed by atoms with Gasteiger partial charge in [-0.1, -0.05) is 11.2 Å². The largest absolute Gasteiger partial charge is 0.504 e. The van der Waals surface area contributed by atoms with Gasteiger partial charge < -0.3 is 14.5 Å². The summed E-state index contributed by atoms with van der Waals surface area (Å²) in [4.78, 5) is 19.6. The first-order chi connectivity index (χ1) is 15.0. The summed E-state index contributed by atoms with van der Waals surface area (Å²) in [6.07, 6.45) is 3.93. The van der Waals surface area contributed by atoms with Gasteiger partial charge in [0.2, 0.25) is 0 Å². The van der Waals surface area contributed by atoms with Crippen molar-refractivity contribution < 1.29 is 14.0 Å². The van der Waals surface area contributed by atoms with E-state index in [4.69, 9.17) is 4.52 Å². The molecular weight excluding hydrogens is 399 g/mol.